The number of hydrogen-bond donors (Lipinski definition) is 0. The fourth-order valence-corrected chi connectivity index (χ4v) is 5.81. The largest absolute Gasteiger partial charge is 0.493 e. The highest BCUT2D eigenvalue weighted by Gasteiger charge is 2.46. The molecule has 0 radical (unpaired) electrons. The van der Waals surface area contributed by atoms with E-state index in [1.807, 2.05) is 12.1 Å². The Bertz CT molecular complexity index is 959. The molecule has 4 nitrogen and oxygen atoms in total. The molecular formula is C20H17F3I3NO3. The molecular weight excluding hydrogens is 740 g/mol. The zero-order chi connectivity index (χ0) is 22.2. The van der Waals surface area contributed by atoms with Gasteiger partial charge in [-0.25, -0.2) is 0 Å². The number of carbonyl (C=O) groups is 1. The monoisotopic (exact) mass is 757 g/mol. The number of alkyl halides is 3. The molecule has 0 bridgehead atoms. The van der Waals surface area contributed by atoms with Gasteiger partial charge in [0.2, 0.25) is 0 Å². The third-order valence-corrected chi connectivity index (χ3v) is 9.91. The van der Waals surface area contributed by atoms with E-state index in [0.29, 0.717) is 23.5 Å². The van der Waals surface area contributed by atoms with Crippen molar-refractivity contribution < 1.29 is 27.4 Å². The third kappa shape index (κ3) is 4.94. The van der Waals surface area contributed by atoms with Gasteiger partial charge in [-0.1, -0.05) is 0 Å². The molecule has 1 atom stereocenters. The molecule has 1 aliphatic rings. The Labute approximate surface area is 213 Å². The summed E-state index contributed by atoms with van der Waals surface area (Å²) < 4.78 is 53.8. The summed E-state index contributed by atoms with van der Waals surface area (Å²) in [7, 11) is 2.99. The van der Waals surface area contributed by atoms with Crippen LogP contribution in [0.25, 0.3) is 0 Å². The molecule has 0 spiro atoms. The molecule has 0 aliphatic carbocycles. The number of amides is 1. The van der Waals surface area contributed by atoms with Gasteiger partial charge in [0.1, 0.15) is 0 Å². The molecule has 1 unspecified atom stereocenters. The summed E-state index contributed by atoms with van der Waals surface area (Å²) in [5, 5.41) is 0. The van der Waals surface area contributed by atoms with E-state index < -0.39 is 18.1 Å². The van der Waals surface area contributed by atoms with Crippen molar-refractivity contribution in [3.05, 3.63) is 51.7 Å². The number of methoxy groups -OCH3 is 2. The highest BCUT2D eigenvalue weighted by atomic mass is 127. The van der Waals surface area contributed by atoms with Gasteiger partial charge in [0.05, 0.1) is 20.3 Å². The van der Waals surface area contributed by atoms with Crippen LogP contribution in [0.5, 0.6) is 11.5 Å². The van der Waals surface area contributed by atoms with E-state index in [4.69, 9.17) is 9.47 Å². The summed E-state index contributed by atoms with van der Waals surface area (Å²) >= 11 is 6.67. The molecule has 0 fully saturated rings. The van der Waals surface area contributed by atoms with Crippen LogP contribution >= 0.6 is 67.8 Å². The highest BCUT2D eigenvalue weighted by molar-refractivity contribution is 14.1. The van der Waals surface area contributed by atoms with Gasteiger partial charge >= 0.3 is 12.1 Å². The Balaban J connectivity index is 2.11. The lowest BCUT2D eigenvalue weighted by atomic mass is 9.88. The maximum Gasteiger partial charge on any atom is 0.471 e. The summed E-state index contributed by atoms with van der Waals surface area (Å²) in [6.45, 7) is -0.00988. The predicted octanol–water partition coefficient (Wildman–Crippen LogP) is 5.75. The number of fused-ring (bicyclic) bond motifs is 1. The van der Waals surface area contributed by atoms with Crippen LogP contribution < -0.4 is 9.47 Å². The first-order valence-corrected chi connectivity index (χ1v) is 12.1. The van der Waals surface area contributed by atoms with Gasteiger partial charge in [0, 0.05) is 17.3 Å². The normalized spacial score (nSPS) is 16.3. The Morgan fingerprint density at radius 3 is 2.17 bits per heavy atom. The number of hydrogen-bond acceptors (Lipinski definition) is 3. The number of nitrogens with zero attached hydrogens (tertiary/aromatic N) is 1. The van der Waals surface area contributed by atoms with Gasteiger partial charge in [0.15, 0.2) is 11.5 Å². The zero-order valence-corrected chi connectivity index (χ0v) is 22.4. The van der Waals surface area contributed by atoms with Gasteiger partial charge in [0.25, 0.3) is 0 Å². The Kier molecular flexibility index (Phi) is 7.68. The van der Waals surface area contributed by atoms with E-state index in [0.717, 1.165) is 26.7 Å². The third-order valence-electron chi connectivity index (χ3n) is 4.98. The molecule has 1 aliphatic heterocycles. The number of carbonyl (C=O) groups excluding carboxylic acids is 1. The van der Waals surface area contributed by atoms with Crippen LogP contribution in [0.3, 0.4) is 0 Å². The minimum absolute atomic E-state index is 0.00988. The fourth-order valence-electron chi connectivity index (χ4n) is 3.60. The number of benzene rings is 2. The van der Waals surface area contributed by atoms with Crippen molar-refractivity contribution in [2.75, 3.05) is 20.8 Å². The molecule has 0 saturated carbocycles. The summed E-state index contributed by atoms with van der Waals surface area (Å²) in [5.74, 6) is -0.874. The number of halogens is 6. The van der Waals surface area contributed by atoms with Crippen molar-refractivity contribution in [1.29, 1.82) is 0 Å². The van der Waals surface area contributed by atoms with Crippen LogP contribution in [0, 0.1) is 10.7 Å². The molecule has 162 valence electrons. The lowest BCUT2D eigenvalue weighted by Crippen LogP contribution is -2.47. The van der Waals surface area contributed by atoms with Crippen molar-refractivity contribution in [1.82, 2.24) is 4.90 Å². The molecule has 1 heterocycles. The van der Waals surface area contributed by atoms with E-state index in [1.54, 1.807) is 12.1 Å². The molecule has 3 rings (SSSR count). The average Bonchev–Trinajstić information content (AvgIpc) is 2.69. The Hall–Kier alpha value is -0.510. The fraction of sp³-hybridized carbons (Fsp3) is 0.350. The molecule has 1 amide bonds. The first-order chi connectivity index (χ1) is 14.1. The second-order valence-corrected chi connectivity index (χ2v) is 10.1. The first-order valence-electron chi connectivity index (χ1n) is 8.82. The van der Waals surface area contributed by atoms with Crippen LogP contribution in [0.15, 0.2) is 24.3 Å². The summed E-state index contributed by atoms with van der Waals surface area (Å²) in [5.41, 5.74) is 2.38. The lowest BCUT2D eigenvalue weighted by molar-refractivity contribution is -0.188. The summed E-state index contributed by atoms with van der Waals surface area (Å²) in [6, 6.07) is 6.63. The first kappa shape index (κ1) is 24.1. The molecule has 2 aromatic carbocycles. The molecule has 30 heavy (non-hydrogen) atoms. The van der Waals surface area contributed by atoms with Gasteiger partial charge in [-0.05, 0) is 122 Å². The van der Waals surface area contributed by atoms with Crippen LogP contribution in [0.4, 0.5) is 13.2 Å². The average molecular weight is 757 g/mol. The van der Waals surface area contributed by atoms with E-state index in [9.17, 15) is 18.0 Å². The number of rotatable bonds is 4. The van der Waals surface area contributed by atoms with E-state index in [2.05, 4.69) is 67.8 Å². The Morgan fingerprint density at radius 1 is 1.07 bits per heavy atom. The van der Waals surface area contributed by atoms with Gasteiger partial charge < -0.3 is 14.4 Å². The molecule has 2 aromatic rings. The molecule has 0 saturated heterocycles. The second kappa shape index (κ2) is 9.55. The Morgan fingerprint density at radius 2 is 1.63 bits per heavy atom. The van der Waals surface area contributed by atoms with Gasteiger partial charge in [-0.3, -0.25) is 4.79 Å². The predicted molar refractivity (Wildman–Crippen MR) is 132 cm³/mol. The zero-order valence-electron chi connectivity index (χ0n) is 15.9. The molecule has 10 heteroatoms. The van der Waals surface area contributed by atoms with Crippen LogP contribution in [0.1, 0.15) is 22.7 Å². The SMILES string of the molecule is COc1cc2c(cc1OC)C(Cc1cc(I)c(I)c(I)c1)N(C(=O)C(F)(F)F)CC2. The van der Waals surface area contributed by atoms with Crippen molar-refractivity contribution >= 4 is 73.7 Å². The quantitative estimate of drug-likeness (QED) is 0.295. The second-order valence-electron chi connectivity index (χ2n) is 6.75. The van der Waals surface area contributed by atoms with Crippen LogP contribution in [0.2, 0.25) is 0 Å². The smallest absolute Gasteiger partial charge is 0.471 e. The van der Waals surface area contributed by atoms with Crippen molar-refractivity contribution in [3.8, 4) is 11.5 Å². The summed E-state index contributed by atoms with van der Waals surface area (Å²) in [4.78, 5) is 13.2. The van der Waals surface area contributed by atoms with E-state index >= 15 is 0 Å². The standard InChI is InChI=1S/C20H17F3I3NO3/c1-29-16-8-11-3-4-27(19(28)20(21,22)23)15(12(11)9-17(16)30-2)7-10-5-13(24)18(26)14(25)6-10/h5-6,8-9,15H,3-4,7H2,1-2H3. The maximum absolute atomic E-state index is 13.3. The van der Waals surface area contributed by atoms with E-state index in [1.165, 1.54) is 14.2 Å². The van der Waals surface area contributed by atoms with Crippen LogP contribution in [-0.4, -0.2) is 37.7 Å². The van der Waals surface area contributed by atoms with Crippen molar-refractivity contribution in [3.63, 3.8) is 0 Å². The van der Waals surface area contributed by atoms with Gasteiger partial charge in [-0.15, -0.1) is 0 Å². The van der Waals surface area contributed by atoms with Gasteiger partial charge in [-0.2, -0.15) is 13.2 Å². The minimum atomic E-state index is -4.93. The highest BCUT2D eigenvalue weighted by Crippen LogP contribution is 2.41. The minimum Gasteiger partial charge on any atom is -0.493 e. The van der Waals surface area contributed by atoms with E-state index in [-0.39, 0.29) is 13.0 Å². The van der Waals surface area contributed by atoms with Crippen molar-refractivity contribution in [2.45, 2.75) is 25.1 Å². The maximum atomic E-state index is 13.3. The van der Waals surface area contributed by atoms with Crippen LogP contribution in [-0.2, 0) is 17.6 Å². The van der Waals surface area contributed by atoms with Crippen molar-refractivity contribution in [2.24, 2.45) is 0 Å². The molecule has 0 N–H and O–H groups in total. The topological polar surface area (TPSA) is 38.8 Å². The molecule has 0 aromatic heterocycles. The number of ether oxygens (including phenoxy) is 2. The summed E-state index contributed by atoms with van der Waals surface area (Å²) in [6.07, 6.45) is -4.34. The lowest BCUT2D eigenvalue weighted by Gasteiger charge is -2.38.